The van der Waals surface area contributed by atoms with Gasteiger partial charge in [0, 0.05) is 11.6 Å². The SMILES string of the molecule is Oc1ccc(N=Nc2c(Cl)cccc2Cl)c2cccnc12. The van der Waals surface area contributed by atoms with Crippen LogP contribution in [0.25, 0.3) is 10.9 Å². The summed E-state index contributed by atoms with van der Waals surface area (Å²) in [7, 11) is 0. The van der Waals surface area contributed by atoms with Gasteiger partial charge in [-0.3, -0.25) is 4.98 Å². The van der Waals surface area contributed by atoms with Gasteiger partial charge < -0.3 is 5.11 Å². The number of hydrogen-bond donors (Lipinski definition) is 1. The van der Waals surface area contributed by atoms with E-state index in [0.717, 1.165) is 0 Å². The molecule has 0 radical (unpaired) electrons. The Morgan fingerprint density at radius 3 is 2.43 bits per heavy atom. The molecule has 0 saturated heterocycles. The number of fused-ring (bicyclic) bond motifs is 1. The first-order chi connectivity index (χ1) is 10.2. The van der Waals surface area contributed by atoms with Crippen LogP contribution in [0.1, 0.15) is 0 Å². The molecule has 4 nitrogen and oxygen atoms in total. The third-order valence-electron chi connectivity index (χ3n) is 2.92. The van der Waals surface area contributed by atoms with Gasteiger partial charge in [-0.25, -0.2) is 0 Å². The number of nitrogens with zero attached hydrogens (tertiary/aromatic N) is 3. The summed E-state index contributed by atoms with van der Waals surface area (Å²) in [6.45, 7) is 0. The first kappa shape index (κ1) is 13.8. The number of aromatic hydroxyl groups is 1. The van der Waals surface area contributed by atoms with Crippen molar-refractivity contribution in [2.45, 2.75) is 0 Å². The molecule has 0 aliphatic rings. The Morgan fingerprint density at radius 2 is 1.67 bits per heavy atom. The quantitative estimate of drug-likeness (QED) is 0.619. The van der Waals surface area contributed by atoms with E-state index in [1.807, 2.05) is 6.07 Å². The average molecular weight is 318 g/mol. The molecule has 0 atom stereocenters. The summed E-state index contributed by atoms with van der Waals surface area (Å²) in [6, 6.07) is 11.9. The van der Waals surface area contributed by atoms with Crippen molar-refractivity contribution in [1.82, 2.24) is 4.98 Å². The molecule has 0 aliphatic carbocycles. The van der Waals surface area contributed by atoms with Crippen LogP contribution in [-0.2, 0) is 0 Å². The maximum atomic E-state index is 9.79. The number of phenolic OH excluding ortho intramolecular Hbond substituents is 1. The predicted octanol–water partition coefficient (Wildman–Crippen LogP) is 5.66. The van der Waals surface area contributed by atoms with Gasteiger partial charge in [0.15, 0.2) is 0 Å². The molecular formula is C15H9Cl2N3O. The molecule has 1 heterocycles. The molecule has 0 bridgehead atoms. The Kier molecular flexibility index (Phi) is 3.73. The summed E-state index contributed by atoms with van der Waals surface area (Å²) in [5.74, 6) is 0.0975. The summed E-state index contributed by atoms with van der Waals surface area (Å²) in [6.07, 6.45) is 1.61. The molecule has 21 heavy (non-hydrogen) atoms. The lowest BCUT2D eigenvalue weighted by atomic mass is 10.2. The van der Waals surface area contributed by atoms with Crippen molar-refractivity contribution >= 4 is 45.5 Å². The Morgan fingerprint density at radius 1 is 0.905 bits per heavy atom. The van der Waals surface area contributed by atoms with Gasteiger partial charge in [-0.05, 0) is 36.4 Å². The lowest BCUT2D eigenvalue weighted by Crippen LogP contribution is -1.79. The minimum absolute atomic E-state index is 0.0975. The number of hydrogen-bond acceptors (Lipinski definition) is 4. The van der Waals surface area contributed by atoms with E-state index >= 15 is 0 Å². The molecule has 2 aromatic carbocycles. The summed E-state index contributed by atoms with van der Waals surface area (Å²) < 4.78 is 0. The maximum absolute atomic E-state index is 9.79. The van der Waals surface area contributed by atoms with Crippen LogP contribution in [0.3, 0.4) is 0 Å². The highest BCUT2D eigenvalue weighted by Gasteiger charge is 2.07. The van der Waals surface area contributed by atoms with Crippen LogP contribution in [-0.4, -0.2) is 10.1 Å². The fourth-order valence-electron chi connectivity index (χ4n) is 1.92. The summed E-state index contributed by atoms with van der Waals surface area (Å²) >= 11 is 12.1. The fourth-order valence-corrected chi connectivity index (χ4v) is 2.39. The number of benzene rings is 2. The van der Waals surface area contributed by atoms with Crippen molar-refractivity contribution in [3.8, 4) is 5.75 Å². The number of halogens is 2. The van der Waals surface area contributed by atoms with E-state index in [0.29, 0.717) is 32.3 Å². The zero-order valence-corrected chi connectivity index (χ0v) is 12.2. The van der Waals surface area contributed by atoms with Crippen LogP contribution >= 0.6 is 23.2 Å². The summed E-state index contributed by atoms with van der Waals surface area (Å²) in [4.78, 5) is 4.13. The maximum Gasteiger partial charge on any atom is 0.141 e. The van der Waals surface area contributed by atoms with Crippen LogP contribution in [0.2, 0.25) is 10.0 Å². The molecule has 0 fully saturated rings. The molecule has 0 amide bonds. The van der Waals surface area contributed by atoms with Gasteiger partial charge in [0.05, 0.1) is 15.7 Å². The Bertz CT molecular complexity index is 829. The highest BCUT2D eigenvalue weighted by atomic mass is 35.5. The molecule has 0 saturated carbocycles. The first-order valence-corrected chi connectivity index (χ1v) is 6.85. The van der Waals surface area contributed by atoms with E-state index < -0.39 is 0 Å². The third kappa shape index (κ3) is 2.68. The fraction of sp³-hybridized carbons (Fsp3) is 0. The number of phenols is 1. The molecule has 3 rings (SSSR count). The Hall–Kier alpha value is -2.17. The highest BCUT2D eigenvalue weighted by Crippen LogP contribution is 2.36. The van der Waals surface area contributed by atoms with E-state index in [2.05, 4.69) is 15.2 Å². The average Bonchev–Trinajstić information content (AvgIpc) is 2.49. The molecule has 0 aliphatic heterocycles. The molecule has 0 unspecified atom stereocenters. The third-order valence-corrected chi connectivity index (χ3v) is 3.53. The minimum Gasteiger partial charge on any atom is -0.506 e. The van der Waals surface area contributed by atoms with Crippen molar-refractivity contribution in [2.75, 3.05) is 0 Å². The zero-order chi connectivity index (χ0) is 14.8. The predicted molar refractivity (Wildman–Crippen MR) is 84.0 cm³/mol. The topological polar surface area (TPSA) is 57.8 Å². The minimum atomic E-state index is 0.0975. The highest BCUT2D eigenvalue weighted by molar-refractivity contribution is 6.38. The lowest BCUT2D eigenvalue weighted by Gasteiger charge is -2.03. The van der Waals surface area contributed by atoms with Crippen LogP contribution < -0.4 is 0 Å². The largest absolute Gasteiger partial charge is 0.506 e. The second-order valence-electron chi connectivity index (χ2n) is 4.27. The van der Waals surface area contributed by atoms with Gasteiger partial charge in [0.25, 0.3) is 0 Å². The number of aromatic nitrogens is 1. The van der Waals surface area contributed by atoms with Gasteiger partial charge in [-0.1, -0.05) is 29.3 Å². The van der Waals surface area contributed by atoms with Crippen molar-refractivity contribution in [3.63, 3.8) is 0 Å². The molecule has 1 aromatic heterocycles. The van der Waals surface area contributed by atoms with Gasteiger partial charge in [-0.15, -0.1) is 10.2 Å². The van der Waals surface area contributed by atoms with Gasteiger partial charge in [-0.2, -0.15) is 0 Å². The standard InChI is InChI=1S/C15H9Cl2N3O/c16-10-4-1-5-11(17)15(10)20-19-12-6-7-13(21)14-9(12)3-2-8-18-14/h1-8,21H. The second kappa shape index (κ2) is 5.68. The van der Waals surface area contributed by atoms with E-state index in [1.165, 1.54) is 6.07 Å². The normalized spacial score (nSPS) is 11.3. The first-order valence-electron chi connectivity index (χ1n) is 6.09. The molecule has 3 aromatic rings. The van der Waals surface area contributed by atoms with Crippen molar-refractivity contribution < 1.29 is 5.11 Å². The molecule has 1 N–H and O–H groups in total. The van der Waals surface area contributed by atoms with Crippen molar-refractivity contribution in [3.05, 3.63) is 58.7 Å². The van der Waals surface area contributed by atoms with Crippen molar-refractivity contribution in [1.29, 1.82) is 0 Å². The molecule has 104 valence electrons. The van der Waals surface area contributed by atoms with E-state index in [9.17, 15) is 5.11 Å². The van der Waals surface area contributed by atoms with Crippen LogP contribution in [0.4, 0.5) is 11.4 Å². The van der Waals surface area contributed by atoms with E-state index in [4.69, 9.17) is 23.2 Å². The van der Waals surface area contributed by atoms with E-state index in [1.54, 1.807) is 36.5 Å². The molecule has 0 spiro atoms. The van der Waals surface area contributed by atoms with Crippen LogP contribution in [0, 0.1) is 0 Å². The molecular weight excluding hydrogens is 309 g/mol. The van der Waals surface area contributed by atoms with Crippen molar-refractivity contribution in [2.24, 2.45) is 10.2 Å². The monoisotopic (exact) mass is 317 g/mol. The Balaban J connectivity index is 2.10. The zero-order valence-electron chi connectivity index (χ0n) is 10.7. The summed E-state index contributed by atoms with van der Waals surface area (Å²) in [5.41, 5.74) is 1.46. The summed E-state index contributed by atoms with van der Waals surface area (Å²) in [5, 5.41) is 19.6. The van der Waals surface area contributed by atoms with Gasteiger partial charge >= 0.3 is 0 Å². The lowest BCUT2D eigenvalue weighted by molar-refractivity contribution is 0.480. The number of azo groups is 1. The van der Waals surface area contributed by atoms with E-state index in [-0.39, 0.29) is 5.75 Å². The number of rotatable bonds is 2. The van der Waals surface area contributed by atoms with Crippen LogP contribution in [0.15, 0.2) is 58.9 Å². The Labute approximate surface area is 130 Å². The smallest absolute Gasteiger partial charge is 0.141 e. The molecule has 6 heteroatoms. The number of pyridine rings is 1. The van der Waals surface area contributed by atoms with Crippen LogP contribution in [0.5, 0.6) is 5.75 Å². The van der Waals surface area contributed by atoms with Gasteiger partial charge in [0.2, 0.25) is 0 Å². The second-order valence-corrected chi connectivity index (χ2v) is 5.09. The van der Waals surface area contributed by atoms with Gasteiger partial charge in [0.1, 0.15) is 17.0 Å².